The van der Waals surface area contributed by atoms with Crippen molar-refractivity contribution >= 4 is 11.6 Å². The number of aliphatic hydroxyl groups is 1. The number of benzene rings is 1. The van der Waals surface area contributed by atoms with Crippen molar-refractivity contribution in [2.24, 2.45) is 11.7 Å². The van der Waals surface area contributed by atoms with Crippen LogP contribution in [0.5, 0.6) is 11.5 Å². The van der Waals surface area contributed by atoms with Crippen molar-refractivity contribution in [1.29, 1.82) is 0 Å². The normalized spacial score (nSPS) is 11.8. The van der Waals surface area contributed by atoms with Crippen LogP contribution in [-0.2, 0) is 4.79 Å². The molecular formula is C15H24N2O4. The van der Waals surface area contributed by atoms with E-state index in [1.807, 2.05) is 6.92 Å². The number of nitrogens with two attached hydrogens (primary N) is 1. The van der Waals surface area contributed by atoms with Crippen molar-refractivity contribution in [1.82, 2.24) is 0 Å². The smallest absolute Gasteiger partial charge is 0.228 e. The van der Waals surface area contributed by atoms with Gasteiger partial charge in [0.15, 0.2) is 11.5 Å². The Labute approximate surface area is 125 Å². The molecule has 1 aromatic rings. The summed E-state index contributed by atoms with van der Waals surface area (Å²) in [6, 6.07) is 5.12. The maximum Gasteiger partial charge on any atom is 0.228 e. The Balaban J connectivity index is 2.80. The first-order valence-corrected chi connectivity index (χ1v) is 7.08. The van der Waals surface area contributed by atoms with Crippen LogP contribution in [0.1, 0.15) is 19.8 Å². The van der Waals surface area contributed by atoms with Gasteiger partial charge in [0.2, 0.25) is 5.91 Å². The summed E-state index contributed by atoms with van der Waals surface area (Å²) < 4.78 is 10.6. The van der Waals surface area contributed by atoms with E-state index in [9.17, 15) is 4.79 Å². The Bertz CT molecular complexity index is 451. The van der Waals surface area contributed by atoms with Gasteiger partial charge in [-0.1, -0.05) is 13.3 Å². The molecule has 0 bridgehead atoms. The Morgan fingerprint density at radius 1 is 1.43 bits per heavy atom. The summed E-state index contributed by atoms with van der Waals surface area (Å²) in [7, 11) is 1.53. The molecule has 0 aliphatic heterocycles. The standard InChI is InChI=1S/C15H24N2O4/c1-3-4-11(10-16)15(19)17-12-5-6-13(20-2)14(9-12)21-8-7-18/h5-6,9,11,18H,3-4,7-8,10,16H2,1-2H3,(H,17,19). The molecule has 0 aliphatic carbocycles. The van der Waals surface area contributed by atoms with Crippen LogP contribution >= 0.6 is 0 Å². The monoisotopic (exact) mass is 296 g/mol. The second kappa shape index (κ2) is 9.20. The second-order valence-corrected chi connectivity index (χ2v) is 4.65. The van der Waals surface area contributed by atoms with E-state index in [-0.39, 0.29) is 25.0 Å². The van der Waals surface area contributed by atoms with Gasteiger partial charge in [0.25, 0.3) is 0 Å². The highest BCUT2D eigenvalue weighted by molar-refractivity contribution is 5.93. The molecule has 0 saturated heterocycles. The van der Waals surface area contributed by atoms with Crippen LogP contribution in [0.2, 0.25) is 0 Å². The van der Waals surface area contributed by atoms with Crippen molar-refractivity contribution in [2.45, 2.75) is 19.8 Å². The molecule has 118 valence electrons. The Kier molecular flexibility index (Phi) is 7.56. The molecule has 6 nitrogen and oxygen atoms in total. The minimum absolute atomic E-state index is 0.0918. The van der Waals surface area contributed by atoms with E-state index in [1.54, 1.807) is 18.2 Å². The zero-order chi connectivity index (χ0) is 15.7. The number of nitrogens with one attached hydrogen (secondary N) is 1. The van der Waals surface area contributed by atoms with Crippen molar-refractivity contribution in [3.8, 4) is 11.5 Å². The molecule has 1 aromatic carbocycles. The van der Waals surface area contributed by atoms with Gasteiger partial charge in [-0.05, 0) is 18.6 Å². The summed E-state index contributed by atoms with van der Waals surface area (Å²) in [5.74, 6) is 0.728. The summed E-state index contributed by atoms with van der Waals surface area (Å²) in [6.07, 6.45) is 1.66. The minimum atomic E-state index is -0.195. The number of anilines is 1. The summed E-state index contributed by atoms with van der Waals surface area (Å²) >= 11 is 0. The number of hydrogen-bond acceptors (Lipinski definition) is 5. The first-order valence-electron chi connectivity index (χ1n) is 7.08. The SMILES string of the molecule is CCCC(CN)C(=O)Nc1ccc(OC)c(OCCO)c1. The van der Waals surface area contributed by atoms with Crippen LogP contribution in [0.15, 0.2) is 18.2 Å². The van der Waals surface area contributed by atoms with E-state index in [0.717, 1.165) is 12.8 Å². The van der Waals surface area contributed by atoms with Gasteiger partial charge in [-0.15, -0.1) is 0 Å². The highest BCUT2D eigenvalue weighted by Crippen LogP contribution is 2.30. The zero-order valence-electron chi connectivity index (χ0n) is 12.6. The number of carbonyl (C=O) groups excluding carboxylic acids is 1. The molecule has 1 amide bonds. The number of amides is 1. The highest BCUT2D eigenvalue weighted by atomic mass is 16.5. The van der Waals surface area contributed by atoms with E-state index in [1.165, 1.54) is 7.11 Å². The average Bonchev–Trinajstić information content (AvgIpc) is 2.50. The lowest BCUT2D eigenvalue weighted by Crippen LogP contribution is -2.29. The van der Waals surface area contributed by atoms with Crippen molar-refractivity contribution in [3.63, 3.8) is 0 Å². The van der Waals surface area contributed by atoms with Gasteiger partial charge in [-0.25, -0.2) is 0 Å². The Morgan fingerprint density at radius 2 is 2.19 bits per heavy atom. The fourth-order valence-electron chi connectivity index (χ4n) is 1.97. The molecular weight excluding hydrogens is 272 g/mol. The minimum Gasteiger partial charge on any atom is -0.493 e. The van der Waals surface area contributed by atoms with Gasteiger partial charge < -0.3 is 25.6 Å². The van der Waals surface area contributed by atoms with Crippen molar-refractivity contribution < 1.29 is 19.4 Å². The molecule has 0 spiro atoms. The predicted molar refractivity (Wildman–Crippen MR) is 81.7 cm³/mol. The maximum atomic E-state index is 12.1. The number of ether oxygens (including phenoxy) is 2. The van der Waals surface area contributed by atoms with Gasteiger partial charge in [-0.3, -0.25) is 4.79 Å². The summed E-state index contributed by atoms with van der Waals surface area (Å²) in [5.41, 5.74) is 6.24. The Hall–Kier alpha value is -1.79. The molecule has 4 N–H and O–H groups in total. The third-order valence-corrected chi connectivity index (χ3v) is 3.07. The van der Waals surface area contributed by atoms with Crippen molar-refractivity contribution in [2.75, 3.05) is 32.2 Å². The maximum absolute atomic E-state index is 12.1. The van der Waals surface area contributed by atoms with Crippen LogP contribution in [0.3, 0.4) is 0 Å². The largest absolute Gasteiger partial charge is 0.493 e. The van der Waals surface area contributed by atoms with Crippen LogP contribution in [-0.4, -0.2) is 37.9 Å². The summed E-state index contributed by atoms with van der Waals surface area (Å²) in [6.45, 7) is 2.41. The van der Waals surface area contributed by atoms with Crippen LogP contribution in [0.25, 0.3) is 0 Å². The lowest BCUT2D eigenvalue weighted by molar-refractivity contribution is -0.119. The van der Waals surface area contributed by atoms with E-state index in [4.69, 9.17) is 20.3 Å². The fraction of sp³-hybridized carbons (Fsp3) is 0.533. The van der Waals surface area contributed by atoms with Crippen LogP contribution < -0.4 is 20.5 Å². The lowest BCUT2D eigenvalue weighted by atomic mass is 10.0. The number of carbonyl (C=O) groups is 1. The summed E-state index contributed by atoms with van der Waals surface area (Å²) in [4.78, 5) is 12.1. The first kappa shape index (κ1) is 17.3. The van der Waals surface area contributed by atoms with E-state index in [2.05, 4.69) is 5.32 Å². The number of rotatable bonds is 9. The summed E-state index contributed by atoms with van der Waals surface area (Å²) in [5, 5.41) is 11.6. The first-order chi connectivity index (χ1) is 10.2. The van der Waals surface area contributed by atoms with Gasteiger partial charge in [0, 0.05) is 18.3 Å². The fourth-order valence-corrected chi connectivity index (χ4v) is 1.97. The van der Waals surface area contributed by atoms with E-state index in [0.29, 0.717) is 23.7 Å². The quantitative estimate of drug-likeness (QED) is 0.640. The Morgan fingerprint density at radius 3 is 2.76 bits per heavy atom. The molecule has 21 heavy (non-hydrogen) atoms. The van der Waals surface area contributed by atoms with Gasteiger partial charge in [-0.2, -0.15) is 0 Å². The molecule has 0 aromatic heterocycles. The number of methoxy groups -OCH3 is 1. The molecule has 0 fully saturated rings. The predicted octanol–water partition coefficient (Wildman–Crippen LogP) is 1.38. The van der Waals surface area contributed by atoms with Gasteiger partial charge in [0.05, 0.1) is 19.6 Å². The highest BCUT2D eigenvalue weighted by Gasteiger charge is 2.16. The molecule has 0 saturated carbocycles. The molecule has 1 rings (SSSR count). The van der Waals surface area contributed by atoms with Gasteiger partial charge >= 0.3 is 0 Å². The molecule has 1 atom stereocenters. The topological polar surface area (TPSA) is 93.8 Å². The molecule has 0 heterocycles. The third-order valence-electron chi connectivity index (χ3n) is 3.07. The van der Waals surface area contributed by atoms with Crippen molar-refractivity contribution in [3.05, 3.63) is 18.2 Å². The number of aliphatic hydroxyl groups excluding tert-OH is 1. The third kappa shape index (κ3) is 5.24. The number of hydrogen-bond donors (Lipinski definition) is 3. The zero-order valence-corrected chi connectivity index (χ0v) is 12.6. The molecule has 0 aliphatic rings. The lowest BCUT2D eigenvalue weighted by Gasteiger charge is -2.15. The van der Waals surface area contributed by atoms with E-state index >= 15 is 0 Å². The molecule has 0 radical (unpaired) electrons. The van der Waals surface area contributed by atoms with Crippen LogP contribution in [0, 0.1) is 5.92 Å². The van der Waals surface area contributed by atoms with Crippen LogP contribution in [0.4, 0.5) is 5.69 Å². The average molecular weight is 296 g/mol. The van der Waals surface area contributed by atoms with Gasteiger partial charge in [0.1, 0.15) is 6.61 Å². The molecule has 1 unspecified atom stereocenters. The van der Waals surface area contributed by atoms with E-state index < -0.39 is 0 Å². The molecule has 6 heteroatoms. The second-order valence-electron chi connectivity index (χ2n) is 4.65.